The molecule has 0 aliphatic carbocycles. The molecule has 0 amide bonds. The molecule has 0 spiro atoms. The number of ether oxygens (including phenoxy) is 2. The molecule has 0 fully saturated rings. The third-order valence-corrected chi connectivity index (χ3v) is 4.09. The zero-order chi connectivity index (χ0) is 19.5. The summed E-state index contributed by atoms with van der Waals surface area (Å²) in [5.41, 5.74) is 2.89. The summed E-state index contributed by atoms with van der Waals surface area (Å²) in [6.45, 7) is 3.98. The molecule has 28 heavy (non-hydrogen) atoms. The molecule has 0 aliphatic rings. The number of aryl methyl sites for hydroxylation is 1. The van der Waals surface area contributed by atoms with Crippen LogP contribution in [0.4, 0.5) is 0 Å². The van der Waals surface area contributed by atoms with Gasteiger partial charge in [0.15, 0.2) is 5.65 Å². The second-order valence-corrected chi connectivity index (χ2v) is 5.91. The van der Waals surface area contributed by atoms with Gasteiger partial charge in [-0.1, -0.05) is 35.5 Å². The van der Waals surface area contributed by atoms with Gasteiger partial charge in [0.05, 0.1) is 12.2 Å². The molecule has 4 rings (SSSR count). The number of esters is 1. The van der Waals surface area contributed by atoms with E-state index in [1.54, 1.807) is 19.1 Å². The lowest BCUT2D eigenvalue weighted by Crippen LogP contribution is -2.11. The van der Waals surface area contributed by atoms with E-state index in [0.29, 0.717) is 17.3 Å². The number of hydrogen-bond donors (Lipinski definition) is 0. The molecule has 9 nitrogen and oxygen atoms in total. The minimum absolute atomic E-state index is 0.00608. The molecule has 0 saturated heterocycles. The predicted molar refractivity (Wildman–Crippen MR) is 97.7 cm³/mol. The van der Waals surface area contributed by atoms with Crippen LogP contribution in [-0.4, -0.2) is 37.5 Å². The molecule has 0 unspecified atom stereocenters. The number of carbonyl (C=O) groups is 1. The van der Waals surface area contributed by atoms with Gasteiger partial charge in [-0.05, 0) is 19.9 Å². The summed E-state index contributed by atoms with van der Waals surface area (Å²) >= 11 is 0. The van der Waals surface area contributed by atoms with Crippen molar-refractivity contribution in [2.75, 3.05) is 6.61 Å². The summed E-state index contributed by atoms with van der Waals surface area (Å²) < 4.78 is 17.4. The number of benzene rings is 1. The Labute approximate surface area is 159 Å². The van der Waals surface area contributed by atoms with Crippen LogP contribution in [0.5, 0.6) is 5.88 Å². The first-order chi connectivity index (χ1) is 13.7. The van der Waals surface area contributed by atoms with Gasteiger partial charge in [0.1, 0.15) is 18.1 Å². The lowest BCUT2D eigenvalue weighted by atomic mass is 10.1. The van der Waals surface area contributed by atoms with E-state index < -0.39 is 5.97 Å². The van der Waals surface area contributed by atoms with Crippen molar-refractivity contribution in [1.29, 1.82) is 0 Å². The highest BCUT2D eigenvalue weighted by molar-refractivity contribution is 5.86. The highest BCUT2D eigenvalue weighted by atomic mass is 16.5. The van der Waals surface area contributed by atoms with Crippen molar-refractivity contribution in [3.63, 3.8) is 0 Å². The van der Waals surface area contributed by atoms with Gasteiger partial charge in [-0.3, -0.25) is 0 Å². The monoisotopic (exact) mass is 379 g/mol. The third kappa shape index (κ3) is 3.29. The molecular formula is C19H17N5O4. The number of aromatic nitrogens is 5. The van der Waals surface area contributed by atoms with E-state index in [2.05, 4.69) is 20.5 Å². The Morgan fingerprint density at radius 3 is 2.75 bits per heavy atom. The van der Waals surface area contributed by atoms with Crippen LogP contribution in [0.1, 0.15) is 28.9 Å². The van der Waals surface area contributed by atoms with Crippen molar-refractivity contribution >= 4 is 11.6 Å². The van der Waals surface area contributed by atoms with Crippen LogP contribution in [0, 0.1) is 6.92 Å². The van der Waals surface area contributed by atoms with Crippen LogP contribution >= 0.6 is 0 Å². The SMILES string of the molecule is CCOC(=O)c1nnc2ccc(OCc3c(-c4ccccc4)noc3C)nn12. The second-order valence-electron chi connectivity index (χ2n) is 5.91. The fraction of sp³-hybridized carbons (Fsp3) is 0.211. The molecule has 3 heterocycles. The molecule has 1 aromatic carbocycles. The van der Waals surface area contributed by atoms with Gasteiger partial charge >= 0.3 is 5.97 Å². The molecule has 3 aromatic heterocycles. The van der Waals surface area contributed by atoms with Crippen LogP contribution < -0.4 is 4.74 Å². The molecule has 0 aliphatic heterocycles. The summed E-state index contributed by atoms with van der Waals surface area (Å²) in [6, 6.07) is 13.0. The number of rotatable bonds is 6. The minimum Gasteiger partial charge on any atom is -0.472 e. The fourth-order valence-corrected chi connectivity index (χ4v) is 2.70. The Morgan fingerprint density at radius 1 is 1.14 bits per heavy atom. The molecule has 0 bridgehead atoms. The summed E-state index contributed by atoms with van der Waals surface area (Å²) in [5.74, 6) is 0.364. The molecule has 0 saturated carbocycles. The van der Waals surface area contributed by atoms with E-state index >= 15 is 0 Å². The second kappa shape index (κ2) is 7.47. The summed E-state index contributed by atoms with van der Waals surface area (Å²) in [5, 5.41) is 16.2. The quantitative estimate of drug-likeness (QED) is 0.471. The topological polar surface area (TPSA) is 105 Å². The minimum atomic E-state index is -0.596. The highest BCUT2D eigenvalue weighted by Gasteiger charge is 2.18. The lowest BCUT2D eigenvalue weighted by molar-refractivity contribution is 0.0508. The molecule has 9 heteroatoms. The molecular weight excluding hydrogens is 362 g/mol. The first kappa shape index (κ1) is 17.7. The Bertz CT molecular complexity index is 1120. The number of carbonyl (C=O) groups excluding carboxylic acids is 1. The van der Waals surface area contributed by atoms with Gasteiger partial charge in [-0.25, -0.2) is 4.79 Å². The smallest absolute Gasteiger partial charge is 0.378 e. The summed E-state index contributed by atoms with van der Waals surface area (Å²) in [4.78, 5) is 12.0. The van der Waals surface area contributed by atoms with Crippen LogP contribution in [-0.2, 0) is 11.3 Å². The molecule has 142 valence electrons. The molecule has 0 radical (unpaired) electrons. The van der Waals surface area contributed by atoms with E-state index in [4.69, 9.17) is 14.0 Å². The van der Waals surface area contributed by atoms with Gasteiger partial charge in [-0.15, -0.1) is 15.3 Å². The predicted octanol–water partition coefficient (Wildman–Crippen LogP) is 2.84. The van der Waals surface area contributed by atoms with E-state index in [9.17, 15) is 4.79 Å². The van der Waals surface area contributed by atoms with Crippen molar-refractivity contribution in [3.8, 4) is 17.1 Å². The zero-order valence-electron chi connectivity index (χ0n) is 15.3. The molecule has 0 N–H and O–H groups in total. The van der Waals surface area contributed by atoms with E-state index in [1.807, 2.05) is 37.3 Å². The number of nitrogens with zero attached hydrogens (tertiary/aromatic N) is 5. The Hall–Kier alpha value is -3.75. The maximum Gasteiger partial charge on any atom is 0.378 e. The van der Waals surface area contributed by atoms with Gasteiger partial charge in [0.2, 0.25) is 5.88 Å². The van der Waals surface area contributed by atoms with E-state index in [1.165, 1.54) is 4.52 Å². The summed E-state index contributed by atoms with van der Waals surface area (Å²) in [6.07, 6.45) is 0. The maximum absolute atomic E-state index is 12.0. The first-order valence-corrected chi connectivity index (χ1v) is 8.70. The largest absolute Gasteiger partial charge is 0.472 e. The number of fused-ring (bicyclic) bond motifs is 1. The highest BCUT2D eigenvalue weighted by Crippen LogP contribution is 2.26. The zero-order valence-corrected chi connectivity index (χ0v) is 15.3. The maximum atomic E-state index is 12.0. The fourth-order valence-electron chi connectivity index (χ4n) is 2.70. The van der Waals surface area contributed by atoms with Crippen molar-refractivity contribution in [2.24, 2.45) is 0 Å². The van der Waals surface area contributed by atoms with Gasteiger partial charge in [0.25, 0.3) is 5.82 Å². The van der Waals surface area contributed by atoms with Crippen LogP contribution in [0.15, 0.2) is 47.0 Å². The normalized spacial score (nSPS) is 10.9. The van der Waals surface area contributed by atoms with E-state index in [-0.39, 0.29) is 19.0 Å². The first-order valence-electron chi connectivity index (χ1n) is 8.70. The van der Waals surface area contributed by atoms with Gasteiger partial charge in [0, 0.05) is 11.6 Å². The van der Waals surface area contributed by atoms with Crippen molar-refractivity contribution in [2.45, 2.75) is 20.5 Å². The van der Waals surface area contributed by atoms with Crippen molar-refractivity contribution < 1.29 is 18.8 Å². The average Bonchev–Trinajstić information content (AvgIpc) is 3.30. The molecule has 4 aromatic rings. The Morgan fingerprint density at radius 2 is 1.96 bits per heavy atom. The van der Waals surface area contributed by atoms with Gasteiger partial charge in [-0.2, -0.15) is 4.52 Å². The average molecular weight is 379 g/mol. The Balaban J connectivity index is 1.59. The lowest BCUT2D eigenvalue weighted by Gasteiger charge is -2.07. The van der Waals surface area contributed by atoms with E-state index in [0.717, 1.165) is 16.8 Å². The summed E-state index contributed by atoms with van der Waals surface area (Å²) in [7, 11) is 0. The standard InChI is InChI=1S/C19H17N5O4/c1-3-26-19(25)18-21-20-15-9-10-16(22-24(15)18)27-11-14-12(2)28-23-17(14)13-7-5-4-6-8-13/h4-10H,3,11H2,1-2H3. The van der Waals surface area contributed by atoms with Crippen molar-refractivity contribution in [3.05, 3.63) is 59.6 Å². The van der Waals surface area contributed by atoms with Crippen molar-refractivity contribution in [1.82, 2.24) is 25.0 Å². The van der Waals surface area contributed by atoms with Gasteiger partial charge < -0.3 is 14.0 Å². The molecule has 0 atom stereocenters. The van der Waals surface area contributed by atoms with Crippen LogP contribution in [0.2, 0.25) is 0 Å². The van der Waals surface area contributed by atoms with Crippen LogP contribution in [0.25, 0.3) is 16.9 Å². The number of hydrogen-bond acceptors (Lipinski definition) is 8. The third-order valence-electron chi connectivity index (χ3n) is 4.09. The van der Waals surface area contributed by atoms with Crippen LogP contribution in [0.3, 0.4) is 0 Å². The Kier molecular flexibility index (Phi) is 4.71.